The van der Waals surface area contributed by atoms with E-state index in [1.54, 1.807) is 0 Å². The lowest BCUT2D eigenvalue weighted by atomic mass is 10.0. The summed E-state index contributed by atoms with van der Waals surface area (Å²) in [4.78, 5) is 0. The molecule has 14 heavy (non-hydrogen) atoms. The number of rotatable bonds is 1. The fraction of sp³-hybridized carbons (Fsp3) is 0.455. The van der Waals surface area contributed by atoms with Gasteiger partial charge in [0.2, 0.25) is 0 Å². The van der Waals surface area contributed by atoms with Crippen LogP contribution in [-0.2, 0) is 0 Å². The molecule has 1 atom stereocenters. The first-order valence-electron chi connectivity index (χ1n) is 4.98. The van der Waals surface area contributed by atoms with Crippen molar-refractivity contribution in [2.45, 2.75) is 13.0 Å². The van der Waals surface area contributed by atoms with Crippen LogP contribution in [0.4, 0.5) is 0 Å². The highest BCUT2D eigenvalue weighted by atomic mass is 35.5. The first-order valence-corrected chi connectivity index (χ1v) is 5.36. The fourth-order valence-corrected chi connectivity index (χ4v) is 2.07. The number of hydrogen-bond donors (Lipinski definition) is 2. The maximum Gasteiger partial charge on any atom is 0.0483 e. The molecule has 1 unspecified atom stereocenters. The van der Waals surface area contributed by atoms with Crippen LogP contribution in [0.3, 0.4) is 0 Å². The minimum absolute atomic E-state index is 0.358. The van der Waals surface area contributed by atoms with E-state index in [0.29, 0.717) is 6.04 Å². The molecule has 1 fully saturated rings. The molecule has 3 heteroatoms. The Balaban J connectivity index is 2.26. The standard InChI is InChI=1S/C11H15ClN2/c1-8-3-2-4-9(11(8)12)10-7-13-5-6-14-10/h2-4,10,13-14H,5-7H2,1H3. The molecule has 1 saturated heterocycles. The average molecular weight is 211 g/mol. The van der Waals surface area contributed by atoms with Gasteiger partial charge in [0.1, 0.15) is 0 Å². The van der Waals surface area contributed by atoms with Crippen molar-refractivity contribution >= 4 is 11.6 Å². The van der Waals surface area contributed by atoms with Crippen LogP contribution in [-0.4, -0.2) is 19.6 Å². The van der Waals surface area contributed by atoms with Crippen LogP contribution in [0.2, 0.25) is 5.02 Å². The number of aryl methyl sites for hydroxylation is 1. The predicted molar refractivity (Wildman–Crippen MR) is 59.8 cm³/mol. The number of halogens is 1. The lowest BCUT2D eigenvalue weighted by molar-refractivity contribution is 0.430. The van der Waals surface area contributed by atoms with Crippen LogP contribution < -0.4 is 10.6 Å². The van der Waals surface area contributed by atoms with Crippen molar-refractivity contribution in [3.8, 4) is 0 Å². The summed E-state index contributed by atoms with van der Waals surface area (Å²) in [6.45, 7) is 5.06. The molecule has 1 aliphatic heterocycles. The van der Waals surface area contributed by atoms with Crippen LogP contribution in [0.25, 0.3) is 0 Å². The van der Waals surface area contributed by atoms with E-state index in [-0.39, 0.29) is 0 Å². The number of benzene rings is 1. The first-order chi connectivity index (χ1) is 6.79. The predicted octanol–water partition coefficient (Wildman–Crippen LogP) is 1.88. The van der Waals surface area contributed by atoms with Crippen molar-refractivity contribution in [1.29, 1.82) is 0 Å². The Morgan fingerprint density at radius 2 is 2.21 bits per heavy atom. The molecule has 0 aromatic heterocycles. The molecular weight excluding hydrogens is 196 g/mol. The van der Waals surface area contributed by atoms with Gasteiger partial charge in [-0.1, -0.05) is 29.8 Å². The van der Waals surface area contributed by atoms with Crippen LogP contribution in [0.5, 0.6) is 0 Å². The van der Waals surface area contributed by atoms with Crippen LogP contribution in [0, 0.1) is 6.92 Å². The van der Waals surface area contributed by atoms with Gasteiger partial charge in [0.25, 0.3) is 0 Å². The third-order valence-corrected chi connectivity index (χ3v) is 3.15. The van der Waals surface area contributed by atoms with Gasteiger partial charge in [-0.15, -0.1) is 0 Å². The second-order valence-electron chi connectivity index (χ2n) is 3.69. The SMILES string of the molecule is Cc1cccc(C2CNCCN2)c1Cl. The molecular formula is C11H15ClN2. The minimum Gasteiger partial charge on any atom is -0.314 e. The van der Waals surface area contributed by atoms with Gasteiger partial charge >= 0.3 is 0 Å². The van der Waals surface area contributed by atoms with Gasteiger partial charge in [0, 0.05) is 30.7 Å². The lowest BCUT2D eigenvalue weighted by Gasteiger charge is -2.26. The molecule has 2 rings (SSSR count). The minimum atomic E-state index is 0.358. The third kappa shape index (κ3) is 1.92. The van der Waals surface area contributed by atoms with E-state index in [1.165, 1.54) is 5.56 Å². The fourth-order valence-electron chi connectivity index (χ4n) is 1.81. The molecule has 1 aromatic carbocycles. The van der Waals surface area contributed by atoms with Gasteiger partial charge in [-0.25, -0.2) is 0 Å². The van der Waals surface area contributed by atoms with Crippen molar-refractivity contribution in [2.75, 3.05) is 19.6 Å². The van der Waals surface area contributed by atoms with Crippen LogP contribution in [0.15, 0.2) is 18.2 Å². The molecule has 0 radical (unpaired) electrons. The molecule has 2 N–H and O–H groups in total. The van der Waals surface area contributed by atoms with Crippen LogP contribution >= 0.6 is 11.6 Å². The molecule has 0 spiro atoms. The van der Waals surface area contributed by atoms with E-state index >= 15 is 0 Å². The smallest absolute Gasteiger partial charge is 0.0483 e. The normalized spacial score (nSPS) is 22.3. The molecule has 0 amide bonds. The highest BCUT2D eigenvalue weighted by molar-refractivity contribution is 6.32. The highest BCUT2D eigenvalue weighted by Gasteiger charge is 2.17. The zero-order chi connectivity index (χ0) is 9.97. The van der Waals surface area contributed by atoms with Gasteiger partial charge in [0.15, 0.2) is 0 Å². The van der Waals surface area contributed by atoms with Crippen molar-refractivity contribution in [1.82, 2.24) is 10.6 Å². The van der Waals surface area contributed by atoms with Gasteiger partial charge in [0.05, 0.1) is 0 Å². The molecule has 1 aliphatic rings. The lowest BCUT2D eigenvalue weighted by Crippen LogP contribution is -2.42. The Morgan fingerprint density at radius 1 is 1.36 bits per heavy atom. The van der Waals surface area contributed by atoms with Gasteiger partial charge in [-0.2, -0.15) is 0 Å². The summed E-state index contributed by atoms with van der Waals surface area (Å²) in [6.07, 6.45) is 0. The maximum atomic E-state index is 6.26. The van der Waals surface area contributed by atoms with E-state index in [4.69, 9.17) is 11.6 Å². The Morgan fingerprint density at radius 3 is 2.93 bits per heavy atom. The molecule has 2 nitrogen and oxygen atoms in total. The molecule has 0 aliphatic carbocycles. The van der Waals surface area contributed by atoms with Gasteiger partial charge in [-0.3, -0.25) is 0 Å². The second kappa shape index (κ2) is 4.30. The number of hydrogen-bond acceptors (Lipinski definition) is 2. The molecule has 1 heterocycles. The quantitative estimate of drug-likeness (QED) is 0.740. The van der Waals surface area contributed by atoms with E-state index < -0.39 is 0 Å². The second-order valence-corrected chi connectivity index (χ2v) is 4.07. The summed E-state index contributed by atoms with van der Waals surface area (Å²) in [5.41, 5.74) is 2.36. The Kier molecular flexibility index (Phi) is 3.06. The topological polar surface area (TPSA) is 24.1 Å². The van der Waals surface area contributed by atoms with E-state index in [0.717, 1.165) is 30.2 Å². The Labute approximate surface area is 89.7 Å². The van der Waals surface area contributed by atoms with Crippen molar-refractivity contribution in [2.24, 2.45) is 0 Å². The highest BCUT2D eigenvalue weighted by Crippen LogP contribution is 2.26. The number of piperazine rings is 1. The van der Waals surface area contributed by atoms with Gasteiger partial charge in [-0.05, 0) is 18.1 Å². The maximum absolute atomic E-state index is 6.26. The molecule has 0 saturated carbocycles. The Hall–Kier alpha value is -0.570. The third-order valence-electron chi connectivity index (χ3n) is 2.64. The average Bonchev–Trinajstić information content (AvgIpc) is 2.23. The summed E-state index contributed by atoms with van der Waals surface area (Å²) < 4.78 is 0. The zero-order valence-corrected chi connectivity index (χ0v) is 9.06. The monoisotopic (exact) mass is 210 g/mol. The summed E-state index contributed by atoms with van der Waals surface area (Å²) >= 11 is 6.26. The van der Waals surface area contributed by atoms with Crippen molar-refractivity contribution in [3.05, 3.63) is 34.3 Å². The van der Waals surface area contributed by atoms with E-state index in [1.807, 2.05) is 13.0 Å². The molecule has 1 aromatic rings. The summed E-state index contributed by atoms with van der Waals surface area (Å²) in [6, 6.07) is 6.56. The summed E-state index contributed by atoms with van der Waals surface area (Å²) in [5.74, 6) is 0. The largest absolute Gasteiger partial charge is 0.314 e. The van der Waals surface area contributed by atoms with Crippen molar-refractivity contribution < 1.29 is 0 Å². The first kappa shape index (κ1) is 9.97. The zero-order valence-electron chi connectivity index (χ0n) is 8.31. The Bertz CT molecular complexity index is 319. The van der Waals surface area contributed by atoms with Gasteiger partial charge < -0.3 is 10.6 Å². The number of nitrogens with one attached hydrogen (secondary N) is 2. The summed E-state index contributed by atoms with van der Waals surface area (Å²) in [5, 5.41) is 7.71. The molecule has 76 valence electrons. The van der Waals surface area contributed by atoms with E-state index in [9.17, 15) is 0 Å². The van der Waals surface area contributed by atoms with Crippen LogP contribution in [0.1, 0.15) is 17.2 Å². The molecule has 0 bridgehead atoms. The van der Waals surface area contributed by atoms with E-state index in [2.05, 4.69) is 22.8 Å². The summed E-state index contributed by atoms with van der Waals surface area (Å²) in [7, 11) is 0. The van der Waals surface area contributed by atoms with Crippen molar-refractivity contribution in [3.63, 3.8) is 0 Å².